The number of amides is 1. The molecule has 3 aromatic rings. The van der Waals surface area contributed by atoms with Gasteiger partial charge in [0, 0.05) is 10.4 Å². The van der Waals surface area contributed by atoms with Crippen molar-refractivity contribution in [3.63, 3.8) is 0 Å². The van der Waals surface area contributed by atoms with Gasteiger partial charge in [-0.15, -0.1) is 0 Å². The van der Waals surface area contributed by atoms with Crippen LogP contribution in [0.2, 0.25) is 5.02 Å². The van der Waals surface area contributed by atoms with Crippen LogP contribution in [-0.4, -0.2) is 27.5 Å². The smallest absolute Gasteiger partial charge is 0.229 e. The minimum absolute atomic E-state index is 0.199. The molecule has 1 N–H and O–H groups in total. The molecule has 30 heavy (non-hydrogen) atoms. The van der Waals surface area contributed by atoms with Gasteiger partial charge in [-0.2, -0.15) is 0 Å². The predicted molar refractivity (Wildman–Crippen MR) is 111 cm³/mol. The molecule has 8 heteroatoms. The number of aromatic nitrogens is 3. The molecule has 1 aromatic carbocycles. The van der Waals surface area contributed by atoms with E-state index in [2.05, 4.69) is 20.3 Å². The van der Waals surface area contributed by atoms with E-state index in [1.807, 2.05) is 32.0 Å². The zero-order chi connectivity index (χ0) is 21.3. The van der Waals surface area contributed by atoms with Crippen LogP contribution in [-0.2, 0) is 10.2 Å². The molecule has 0 bridgehead atoms. The number of hydrogen-bond donors (Lipinski definition) is 1. The molecule has 0 spiro atoms. The summed E-state index contributed by atoms with van der Waals surface area (Å²) in [6.07, 6.45) is 3.30. The largest absolute Gasteiger partial charge is 0.489 e. The van der Waals surface area contributed by atoms with Crippen LogP contribution in [0.15, 0.2) is 48.8 Å². The number of nitrogens with one attached hydrogen (secondary N) is 1. The Hall–Kier alpha value is -3.06. The number of aryl methyl sites for hydroxylation is 2. The van der Waals surface area contributed by atoms with Crippen molar-refractivity contribution in [2.24, 2.45) is 5.92 Å². The summed E-state index contributed by atoms with van der Waals surface area (Å²) in [6.45, 7) is 3.94. The van der Waals surface area contributed by atoms with Crippen molar-refractivity contribution in [1.82, 2.24) is 15.0 Å². The minimum Gasteiger partial charge on any atom is -0.489 e. The van der Waals surface area contributed by atoms with E-state index in [9.17, 15) is 9.18 Å². The SMILES string of the molecule is Cc1ncc(OCC2(c3cccc(Cl)c3)CC2C(=O)Nc2ccc(F)cn2)c(C)n1. The molecule has 0 aliphatic heterocycles. The molecule has 6 nitrogen and oxygen atoms in total. The first-order valence-corrected chi connectivity index (χ1v) is 9.87. The van der Waals surface area contributed by atoms with E-state index >= 15 is 0 Å². The monoisotopic (exact) mass is 426 g/mol. The summed E-state index contributed by atoms with van der Waals surface area (Å²) in [5.41, 5.74) is 1.13. The summed E-state index contributed by atoms with van der Waals surface area (Å²) >= 11 is 6.20. The van der Waals surface area contributed by atoms with E-state index in [1.54, 1.807) is 12.3 Å². The maximum atomic E-state index is 13.1. The van der Waals surface area contributed by atoms with E-state index in [-0.39, 0.29) is 18.4 Å². The van der Waals surface area contributed by atoms with Crippen LogP contribution in [0.3, 0.4) is 0 Å². The average Bonchev–Trinajstić information content (AvgIpc) is 3.45. The molecule has 2 heterocycles. The Morgan fingerprint density at radius 3 is 2.80 bits per heavy atom. The van der Waals surface area contributed by atoms with Gasteiger partial charge < -0.3 is 10.1 Å². The number of benzene rings is 1. The van der Waals surface area contributed by atoms with Crippen LogP contribution in [0.25, 0.3) is 0 Å². The molecule has 2 aromatic heterocycles. The number of pyridine rings is 1. The predicted octanol–water partition coefficient (Wildman–Crippen LogP) is 4.26. The quantitative estimate of drug-likeness (QED) is 0.637. The van der Waals surface area contributed by atoms with E-state index in [1.165, 1.54) is 12.1 Å². The number of nitrogens with zero attached hydrogens (tertiary/aromatic N) is 3. The highest BCUT2D eigenvalue weighted by atomic mass is 35.5. The zero-order valence-corrected chi connectivity index (χ0v) is 17.3. The summed E-state index contributed by atoms with van der Waals surface area (Å²) in [4.78, 5) is 25.3. The van der Waals surface area contributed by atoms with Crippen molar-refractivity contribution < 1.29 is 13.9 Å². The zero-order valence-electron chi connectivity index (χ0n) is 16.5. The van der Waals surface area contributed by atoms with Gasteiger partial charge in [0.25, 0.3) is 0 Å². The maximum absolute atomic E-state index is 13.1. The van der Waals surface area contributed by atoms with Crippen LogP contribution in [0.5, 0.6) is 5.75 Å². The Kier molecular flexibility index (Phi) is 5.39. The van der Waals surface area contributed by atoms with E-state index in [0.717, 1.165) is 17.5 Å². The fraction of sp³-hybridized carbons (Fsp3) is 0.273. The van der Waals surface area contributed by atoms with Crippen LogP contribution < -0.4 is 10.1 Å². The molecule has 2 atom stereocenters. The summed E-state index contributed by atoms with van der Waals surface area (Å²) in [6, 6.07) is 10.1. The Labute approximate surface area is 178 Å². The number of ether oxygens (including phenoxy) is 1. The molecule has 1 amide bonds. The lowest BCUT2D eigenvalue weighted by Gasteiger charge is -2.20. The summed E-state index contributed by atoms with van der Waals surface area (Å²) in [5.74, 6) is 0.547. The molecular weight excluding hydrogens is 407 g/mol. The van der Waals surface area contributed by atoms with Gasteiger partial charge in [0.1, 0.15) is 17.5 Å². The number of hydrogen-bond acceptors (Lipinski definition) is 5. The van der Waals surface area contributed by atoms with Gasteiger partial charge in [0.05, 0.1) is 30.6 Å². The van der Waals surface area contributed by atoms with Crippen molar-refractivity contribution in [3.05, 3.63) is 76.7 Å². The van der Waals surface area contributed by atoms with Crippen molar-refractivity contribution in [1.29, 1.82) is 0 Å². The van der Waals surface area contributed by atoms with Gasteiger partial charge in [-0.05, 0) is 50.1 Å². The number of halogens is 2. The number of anilines is 1. The van der Waals surface area contributed by atoms with Gasteiger partial charge in [-0.3, -0.25) is 4.79 Å². The third kappa shape index (κ3) is 4.11. The Morgan fingerprint density at radius 2 is 2.10 bits per heavy atom. The first-order valence-electron chi connectivity index (χ1n) is 9.49. The van der Waals surface area contributed by atoms with E-state index in [0.29, 0.717) is 28.8 Å². The molecule has 2 unspecified atom stereocenters. The van der Waals surface area contributed by atoms with Gasteiger partial charge in [-0.25, -0.2) is 19.3 Å². The van der Waals surface area contributed by atoms with Gasteiger partial charge in [-0.1, -0.05) is 23.7 Å². The molecule has 0 radical (unpaired) electrons. The van der Waals surface area contributed by atoms with Crippen LogP contribution >= 0.6 is 11.6 Å². The van der Waals surface area contributed by atoms with E-state index in [4.69, 9.17) is 16.3 Å². The van der Waals surface area contributed by atoms with Crippen LogP contribution in [0.1, 0.15) is 23.5 Å². The summed E-state index contributed by atoms with van der Waals surface area (Å²) in [5, 5.41) is 3.35. The molecule has 1 fully saturated rings. The van der Waals surface area contributed by atoms with Gasteiger partial charge in [0.15, 0.2) is 5.75 Å². The van der Waals surface area contributed by atoms with Crippen LogP contribution in [0.4, 0.5) is 10.2 Å². The third-order valence-electron chi connectivity index (χ3n) is 5.31. The second kappa shape index (κ2) is 7.99. The summed E-state index contributed by atoms with van der Waals surface area (Å²) < 4.78 is 19.1. The van der Waals surface area contributed by atoms with E-state index < -0.39 is 11.2 Å². The molecule has 1 saturated carbocycles. The minimum atomic E-state index is -0.535. The van der Waals surface area contributed by atoms with Crippen molar-refractivity contribution in [3.8, 4) is 5.75 Å². The molecule has 1 aliphatic carbocycles. The molecular formula is C22H20ClFN4O2. The lowest BCUT2D eigenvalue weighted by molar-refractivity contribution is -0.117. The Morgan fingerprint density at radius 1 is 1.27 bits per heavy atom. The molecule has 0 saturated heterocycles. The van der Waals surface area contributed by atoms with Gasteiger partial charge in [0.2, 0.25) is 5.91 Å². The van der Waals surface area contributed by atoms with Crippen LogP contribution in [0, 0.1) is 25.6 Å². The average molecular weight is 427 g/mol. The van der Waals surface area contributed by atoms with Gasteiger partial charge >= 0.3 is 0 Å². The summed E-state index contributed by atoms with van der Waals surface area (Å²) in [7, 11) is 0. The van der Waals surface area contributed by atoms with Crippen molar-refractivity contribution in [2.75, 3.05) is 11.9 Å². The highest BCUT2D eigenvalue weighted by Crippen LogP contribution is 2.55. The normalized spacial score (nSPS) is 19.9. The molecule has 154 valence electrons. The topological polar surface area (TPSA) is 77.0 Å². The lowest BCUT2D eigenvalue weighted by atomic mass is 9.93. The van der Waals surface area contributed by atoms with Crippen molar-refractivity contribution in [2.45, 2.75) is 25.7 Å². The van der Waals surface area contributed by atoms with Crippen molar-refractivity contribution >= 4 is 23.3 Å². The number of rotatable bonds is 6. The maximum Gasteiger partial charge on any atom is 0.229 e. The first-order chi connectivity index (χ1) is 14.4. The third-order valence-corrected chi connectivity index (χ3v) is 5.55. The molecule has 1 aliphatic rings. The fourth-order valence-corrected chi connectivity index (χ4v) is 3.78. The standard InChI is InChI=1S/C22H20ClFN4O2/c1-13-19(11-25-14(2)27-13)30-12-22(15-4-3-5-16(23)8-15)9-18(22)21(29)28-20-7-6-17(24)10-26-20/h3-8,10-11,18H,9,12H2,1-2H3,(H,26,28,29). The Balaban J connectivity index is 1.56. The highest BCUT2D eigenvalue weighted by molar-refractivity contribution is 6.30. The molecule has 4 rings (SSSR count). The fourth-order valence-electron chi connectivity index (χ4n) is 3.59. The first kappa shape index (κ1) is 20.2. The highest BCUT2D eigenvalue weighted by Gasteiger charge is 2.60. The second-order valence-corrected chi connectivity index (χ2v) is 7.87. The Bertz CT molecular complexity index is 1090. The number of carbonyl (C=O) groups is 1. The second-order valence-electron chi connectivity index (χ2n) is 7.43. The lowest BCUT2D eigenvalue weighted by Crippen LogP contribution is -2.27. The number of carbonyl (C=O) groups excluding carboxylic acids is 1.